The number of benzene rings is 1. The van der Waals surface area contributed by atoms with E-state index in [0.717, 1.165) is 24.3 Å². The van der Waals surface area contributed by atoms with E-state index in [1.165, 1.54) is 5.56 Å². The van der Waals surface area contributed by atoms with Crippen LogP contribution in [0.25, 0.3) is 0 Å². The van der Waals surface area contributed by atoms with Crippen molar-refractivity contribution < 1.29 is 4.74 Å². The number of hydrogen-bond donors (Lipinski definition) is 1. The summed E-state index contributed by atoms with van der Waals surface area (Å²) in [5.41, 5.74) is 8.06. The third-order valence-electron chi connectivity index (χ3n) is 2.45. The van der Waals surface area contributed by atoms with Gasteiger partial charge in [-0.1, -0.05) is 12.1 Å². The number of ether oxygens (including phenoxy) is 1. The first-order chi connectivity index (χ1) is 6.81. The molecule has 0 aromatic heterocycles. The van der Waals surface area contributed by atoms with E-state index < -0.39 is 0 Å². The van der Waals surface area contributed by atoms with Crippen molar-refractivity contribution in [1.29, 1.82) is 5.26 Å². The van der Waals surface area contributed by atoms with Crippen LogP contribution in [-0.4, -0.2) is 6.61 Å². The smallest absolute Gasteiger partial charge is 0.122 e. The van der Waals surface area contributed by atoms with E-state index in [9.17, 15) is 0 Å². The van der Waals surface area contributed by atoms with Gasteiger partial charge in [0.2, 0.25) is 0 Å². The van der Waals surface area contributed by atoms with E-state index in [2.05, 4.69) is 6.07 Å². The van der Waals surface area contributed by atoms with Gasteiger partial charge in [0.05, 0.1) is 19.1 Å². The molecule has 0 aliphatic carbocycles. The van der Waals surface area contributed by atoms with Gasteiger partial charge in [-0.15, -0.1) is 0 Å². The molecule has 3 heteroatoms. The minimum Gasteiger partial charge on any atom is -0.493 e. The normalized spacial score (nSPS) is 15.4. The highest BCUT2D eigenvalue weighted by atomic mass is 16.5. The van der Waals surface area contributed by atoms with Crippen molar-refractivity contribution in [3.05, 3.63) is 29.3 Å². The summed E-state index contributed by atoms with van der Waals surface area (Å²) in [6.45, 7) is 0.756. The van der Waals surface area contributed by atoms with Crippen molar-refractivity contribution >= 4 is 0 Å². The summed E-state index contributed by atoms with van der Waals surface area (Å²) < 4.78 is 5.39. The second kappa shape index (κ2) is 3.69. The quantitative estimate of drug-likeness (QED) is 0.765. The Morgan fingerprint density at radius 2 is 2.43 bits per heavy atom. The maximum atomic E-state index is 8.54. The Hall–Kier alpha value is -1.53. The number of rotatable bonds is 2. The Labute approximate surface area is 83.1 Å². The van der Waals surface area contributed by atoms with Gasteiger partial charge in [-0.25, -0.2) is 0 Å². The molecule has 0 radical (unpaired) electrons. The molecule has 1 aliphatic heterocycles. The molecule has 2 rings (SSSR count). The first kappa shape index (κ1) is 9.04. The standard InChI is InChI=1S/C11H12N2O/c12-5-3-10(13)8-1-2-11-9(7-8)4-6-14-11/h1-2,7,10H,3-4,6,13H2/t10-/m1/s1. The van der Waals surface area contributed by atoms with Crippen LogP contribution in [0.5, 0.6) is 5.75 Å². The molecule has 0 saturated heterocycles. The van der Waals surface area contributed by atoms with Crippen LogP contribution in [0.3, 0.4) is 0 Å². The molecule has 1 aromatic rings. The molecule has 72 valence electrons. The predicted molar refractivity (Wildman–Crippen MR) is 52.8 cm³/mol. The van der Waals surface area contributed by atoms with E-state index in [4.69, 9.17) is 15.7 Å². The number of hydrogen-bond acceptors (Lipinski definition) is 3. The molecular weight excluding hydrogens is 176 g/mol. The lowest BCUT2D eigenvalue weighted by molar-refractivity contribution is 0.357. The number of nitrogens with zero attached hydrogens (tertiary/aromatic N) is 1. The monoisotopic (exact) mass is 188 g/mol. The van der Waals surface area contributed by atoms with Crippen LogP contribution in [0, 0.1) is 11.3 Å². The summed E-state index contributed by atoms with van der Waals surface area (Å²) in [7, 11) is 0. The summed E-state index contributed by atoms with van der Waals surface area (Å²) in [6.07, 6.45) is 1.31. The molecule has 1 atom stereocenters. The SMILES string of the molecule is N#CC[C@@H](N)c1ccc2c(c1)CCO2. The van der Waals surface area contributed by atoms with Crippen molar-refractivity contribution in [2.24, 2.45) is 5.73 Å². The first-order valence-electron chi connectivity index (χ1n) is 4.69. The topological polar surface area (TPSA) is 59.0 Å². The van der Waals surface area contributed by atoms with Crippen LogP contribution in [-0.2, 0) is 6.42 Å². The van der Waals surface area contributed by atoms with Gasteiger partial charge in [-0.3, -0.25) is 0 Å². The zero-order valence-corrected chi connectivity index (χ0v) is 7.86. The highest BCUT2D eigenvalue weighted by Gasteiger charge is 2.14. The van der Waals surface area contributed by atoms with E-state index in [1.54, 1.807) is 0 Å². The molecule has 0 saturated carbocycles. The van der Waals surface area contributed by atoms with Gasteiger partial charge in [-0.2, -0.15) is 5.26 Å². The van der Waals surface area contributed by atoms with Crippen molar-refractivity contribution in [3.63, 3.8) is 0 Å². The zero-order valence-electron chi connectivity index (χ0n) is 7.86. The van der Waals surface area contributed by atoms with Crippen LogP contribution in [0.1, 0.15) is 23.6 Å². The van der Waals surface area contributed by atoms with Crippen molar-refractivity contribution in [3.8, 4) is 11.8 Å². The van der Waals surface area contributed by atoms with Crippen molar-refractivity contribution in [2.75, 3.05) is 6.61 Å². The van der Waals surface area contributed by atoms with Gasteiger partial charge in [-0.05, 0) is 17.2 Å². The maximum absolute atomic E-state index is 8.54. The molecule has 1 aliphatic rings. The Balaban J connectivity index is 2.25. The van der Waals surface area contributed by atoms with Crippen LogP contribution in [0.15, 0.2) is 18.2 Å². The Morgan fingerprint density at radius 3 is 3.21 bits per heavy atom. The zero-order chi connectivity index (χ0) is 9.97. The molecule has 3 nitrogen and oxygen atoms in total. The second-order valence-electron chi connectivity index (χ2n) is 3.43. The highest BCUT2D eigenvalue weighted by Crippen LogP contribution is 2.28. The van der Waals surface area contributed by atoms with Gasteiger partial charge in [0, 0.05) is 12.5 Å². The maximum Gasteiger partial charge on any atom is 0.122 e. The summed E-state index contributed by atoms with van der Waals surface area (Å²) in [4.78, 5) is 0. The fraction of sp³-hybridized carbons (Fsp3) is 0.364. The summed E-state index contributed by atoms with van der Waals surface area (Å²) in [5.74, 6) is 0.956. The fourth-order valence-corrected chi connectivity index (χ4v) is 1.65. The molecule has 0 bridgehead atoms. The minimum absolute atomic E-state index is 0.175. The molecule has 0 fully saturated rings. The Kier molecular flexibility index (Phi) is 2.38. The van der Waals surface area contributed by atoms with E-state index in [1.807, 2.05) is 18.2 Å². The summed E-state index contributed by atoms with van der Waals surface area (Å²) in [5, 5.41) is 8.54. The molecule has 2 N–H and O–H groups in total. The summed E-state index contributed by atoms with van der Waals surface area (Å²) in [6, 6.07) is 7.82. The number of fused-ring (bicyclic) bond motifs is 1. The molecule has 14 heavy (non-hydrogen) atoms. The fourth-order valence-electron chi connectivity index (χ4n) is 1.65. The molecule has 0 amide bonds. The lowest BCUT2D eigenvalue weighted by Gasteiger charge is -2.08. The summed E-state index contributed by atoms with van der Waals surface area (Å²) >= 11 is 0. The van der Waals surface area contributed by atoms with Gasteiger partial charge < -0.3 is 10.5 Å². The third-order valence-corrected chi connectivity index (χ3v) is 2.45. The number of nitriles is 1. The van der Waals surface area contributed by atoms with Gasteiger partial charge in [0.15, 0.2) is 0 Å². The van der Waals surface area contributed by atoms with E-state index >= 15 is 0 Å². The highest BCUT2D eigenvalue weighted by molar-refractivity contribution is 5.40. The predicted octanol–water partition coefficient (Wildman–Crippen LogP) is 1.53. The molecule has 0 unspecified atom stereocenters. The Morgan fingerprint density at radius 1 is 1.57 bits per heavy atom. The number of nitrogens with two attached hydrogens (primary N) is 1. The molecule has 0 spiro atoms. The van der Waals surface area contributed by atoms with Crippen molar-refractivity contribution in [1.82, 2.24) is 0 Å². The largest absolute Gasteiger partial charge is 0.493 e. The lowest BCUT2D eigenvalue weighted by Crippen LogP contribution is -2.09. The average Bonchev–Trinajstić information content (AvgIpc) is 2.64. The first-order valence-corrected chi connectivity index (χ1v) is 4.69. The van der Waals surface area contributed by atoms with Crippen LogP contribution in [0.4, 0.5) is 0 Å². The molecule has 1 heterocycles. The van der Waals surface area contributed by atoms with Gasteiger partial charge in [0.1, 0.15) is 5.75 Å². The minimum atomic E-state index is -0.175. The lowest BCUT2D eigenvalue weighted by atomic mass is 10.0. The van der Waals surface area contributed by atoms with Crippen LogP contribution < -0.4 is 10.5 Å². The van der Waals surface area contributed by atoms with Gasteiger partial charge >= 0.3 is 0 Å². The van der Waals surface area contributed by atoms with Crippen molar-refractivity contribution in [2.45, 2.75) is 18.9 Å². The average molecular weight is 188 g/mol. The van der Waals surface area contributed by atoms with Crippen LogP contribution >= 0.6 is 0 Å². The molecular formula is C11H12N2O. The van der Waals surface area contributed by atoms with Crippen LogP contribution in [0.2, 0.25) is 0 Å². The second-order valence-corrected chi connectivity index (χ2v) is 3.43. The molecule has 1 aromatic carbocycles. The van der Waals surface area contributed by atoms with E-state index in [0.29, 0.717) is 6.42 Å². The Bertz CT molecular complexity index is 381. The van der Waals surface area contributed by atoms with Gasteiger partial charge in [0.25, 0.3) is 0 Å². The van der Waals surface area contributed by atoms with E-state index in [-0.39, 0.29) is 6.04 Å². The third kappa shape index (κ3) is 1.57.